The van der Waals surface area contributed by atoms with E-state index in [0.29, 0.717) is 22.9 Å². The quantitative estimate of drug-likeness (QED) is 0.811. The topological polar surface area (TPSA) is 38.1 Å². The molecule has 2 rings (SSSR count). The van der Waals surface area contributed by atoms with Crippen molar-refractivity contribution >= 4 is 40.1 Å². The van der Waals surface area contributed by atoms with Crippen LogP contribution in [0.25, 0.3) is 11.0 Å². The Hall–Kier alpha value is -1.26. The molecule has 0 spiro atoms. The Balaban J connectivity index is 2.52. The maximum atomic E-state index is 12.1. The summed E-state index contributed by atoms with van der Waals surface area (Å²) < 4.78 is 1.84. The first-order valence-electron chi connectivity index (χ1n) is 6.48. The Morgan fingerprint density at radius 1 is 1.50 bits per heavy atom. The van der Waals surface area contributed by atoms with E-state index in [4.69, 9.17) is 23.2 Å². The van der Waals surface area contributed by atoms with Crippen LogP contribution in [0.1, 0.15) is 25.0 Å². The van der Waals surface area contributed by atoms with E-state index in [1.807, 2.05) is 30.5 Å². The zero-order valence-corrected chi connectivity index (χ0v) is 13.2. The van der Waals surface area contributed by atoms with E-state index in [2.05, 4.69) is 4.98 Å². The molecule has 0 aliphatic rings. The van der Waals surface area contributed by atoms with Gasteiger partial charge in [-0.3, -0.25) is 4.79 Å². The van der Waals surface area contributed by atoms with Gasteiger partial charge in [-0.2, -0.15) is 0 Å². The van der Waals surface area contributed by atoms with Crippen molar-refractivity contribution in [3.8, 4) is 0 Å². The predicted molar refractivity (Wildman–Crippen MR) is 82.3 cm³/mol. The number of halogens is 2. The molecule has 108 valence electrons. The minimum absolute atomic E-state index is 0.0188. The second-order valence-corrected chi connectivity index (χ2v) is 5.75. The number of imidazole rings is 1. The number of fused-ring (bicyclic) bond motifs is 1. The lowest BCUT2D eigenvalue weighted by atomic mass is 10.3. The molecule has 1 atom stereocenters. The Labute approximate surface area is 128 Å². The van der Waals surface area contributed by atoms with Gasteiger partial charge >= 0.3 is 0 Å². The van der Waals surface area contributed by atoms with Crippen LogP contribution >= 0.6 is 23.2 Å². The maximum absolute atomic E-state index is 12.1. The molecule has 6 heteroatoms. The number of amides is 1. The summed E-state index contributed by atoms with van der Waals surface area (Å²) in [5, 5.41) is 0.273. The second kappa shape index (κ2) is 6.02. The number of hydrogen-bond donors (Lipinski definition) is 0. The number of aromatic nitrogens is 2. The highest BCUT2D eigenvalue weighted by molar-refractivity contribution is 6.35. The summed E-state index contributed by atoms with van der Waals surface area (Å²) in [6.07, 6.45) is 0. The molecule has 0 aliphatic heterocycles. The molecule has 0 bridgehead atoms. The van der Waals surface area contributed by atoms with Gasteiger partial charge in [0.2, 0.25) is 5.91 Å². The minimum atomic E-state index is -0.293. The normalized spacial score (nSPS) is 12.7. The van der Waals surface area contributed by atoms with Crippen molar-refractivity contribution in [2.75, 3.05) is 13.6 Å². The molecule has 0 saturated carbocycles. The minimum Gasteiger partial charge on any atom is -0.344 e. The maximum Gasteiger partial charge on any atom is 0.242 e. The summed E-state index contributed by atoms with van der Waals surface area (Å²) >= 11 is 12.3. The van der Waals surface area contributed by atoms with Crippen LogP contribution in [-0.2, 0) is 11.3 Å². The summed E-state index contributed by atoms with van der Waals surface area (Å²) in [5.74, 6) is 0.679. The molecule has 0 radical (unpaired) electrons. The van der Waals surface area contributed by atoms with E-state index >= 15 is 0 Å². The van der Waals surface area contributed by atoms with E-state index in [0.717, 1.165) is 5.52 Å². The van der Waals surface area contributed by atoms with Crippen LogP contribution in [0.15, 0.2) is 18.2 Å². The summed E-state index contributed by atoms with van der Waals surface area (Å²) in [4.78, 5) is 18.3. The van der Waals surface area contributed by atoms with Crippen molar-refractivity contribution in [3.63, 3.8) is 0 Å². The summed E-state index contributed by atoms with van der Waals surface area (Å²) in [5.41, 5.74) is 1.52. The molecule has 0 saturated heterocycles. The zero-order chi connectivity index (χ0) is 14.9. The third-order valence-electron chi connectivity index (χ3n) is 3.31. The fourth-order valence-corrected chi connectivity index (χ4v) is 2.41. The first-order valence-corrected chi connectivity index (χ1v) is 7.29. The van der Waals surface area contributed by atoms with E-state index in [9.17, 15) is 4.79 Å². The summed E-state index contributed by atoms with van der Waals surface area (Å²) in [6, 6.07) is 5.53. The number of carbonyl (C=O) groups is 1. The Bertz CT molecular complexity index is 637. The van der Waals surface area contributed by atoms with Gasteiger partial charge in [-0.1, -0.05) is 17.7 Å². The highest BCUT2D eigenvalue weighted by Crippen LogP contribution is 2.28. The van der Waals surface area contributed by atoms with Gasteiger partial charge in [0, 0.05) is 13.6 Å². The predicted octanol–water partition coefficient (Wildman–Crippen LogP) is 3.47. The van der Waals surface area contributed by atoms with Crippen LogP contribution in [0.2, 0.25) is 5.02 Å². The molecule has 1 unspecified atom stereocenters. The van der Waals surface area contributed by atoms with Crippen LogP contribution in [-0.4, -0.2) is 34.0 Å². The fraction of sp³-hybridized carbons (Fsp3) is 0.429. The van der Waals surface area contributed by atoms with Crippen LogP contribution in [0.5, 0.6) is 0 Å². The number of para-hydroxylation sites is 1. The van der Waals surface area contributed by atoms with Gasteiger partial charge in [0.1, 0.15) is 17.9 Å². The lowest BCUT2D eigenvalue weighted by Crippen LogP contribution is -2.30. The molecule has 4 nitrogen and oxygen atoms in total. The standard InChI is InChI=1S/C14H17Cl2N3O/c1-4-18(3)12(20)8-19-11-7-5-6-10(16)13(11)17-14(19)9(2)15/h5-7,9H,4,8H2,1-3H3. The molecular weight excluding hydrogens is 297 g/mol. The van der Waals surface area contributed by atoms with E-state index in [-0.39, 0.29) is 17.8 Å². The molecule has 1 amide bonds. The van der Waals surface area contributed by atoms with E-state index < -0.39 is 0 Å². The molecule has 0 aliphatic carbocycles. The monoisotopic (exact) mass is 313 g/mol. The van der Waals surface area contributed by atoms with E-state index in [1.54, 1.807) is 18.0 Å². The molecule has 1 heterocycles. The van der Waals surface area contributed by atoms with Gasteiger partial charge in [-0.15, -0.1) is 11.6 Å². The fourth-order valence-electron chi connectivity index (χ4n) is 2.03. The van der Waals surface area contributed by atoms with Crippen LogP contribution in [0.4, 0.5) is 0 Å². The molecule has 20 heavy (non-hydrogen) atoms. The molecule has 1 aromatic carbocycles. The van der Waals surface area contributed by atoms with Crippen LogP contribution in [0.3, 0.4) is 0 Å². The SMILES string of the molecule is CCN(C)C(=O)Cn1c(C(C)Cl)nc2c(Cl)cccc21. The van der Waals surface area contributed by atoms with Gasteiger partial charge in [-0.05, 0) is 26.0 Å². The largest absolute Gasteiger partial charge is 0.344 e. The molecule has 0 N–H and O–H groups in total. The molecule has 0 fully saturated rings. The van der Waals surface area contributed by atoms with Crippen molar-refractivity contribution in [2.45, 2.75) is 25.8 Å². The first kappa shape index (κ1) is 15.1. The number of benzene rings is 1. The average molecular weight is 314 g/mol. The van der Waals surface area contributed by atoms with Crippen molar-refractivity contribution in [1.29, 1.82) is 0 Å². The lowest BCUT2D eigenvalue weighted by molar-refractivity contribution is -0.130. The lowest BCUT2D eigenvalue weighted by Gasteiger charge is -2.17. The van der Waals surface area contributed by atoms with Crippen LogP contribution < -0.4 is 0 Å². The third-order valence-corrected chi connectivity index (χ3v) is 3.81. The molecule has 2 aromatic rings. The van der Waals surface area contributed by atoms with E-state index in [1.165, 1.54) is 0 Å². The number of hydrogen-bond acceptors (Lipinski definition) is 2. The van der Waals surface area contributed by atoms with Crippen molar-refractivity contribution < 1.29 is 4.79 Å². The molecule has 1 aromatic heterocycles. The number of likely N-dealkylation sites (N-methyl/N-ethyl adjacent to an activating group) is 1. The van der Waals surface area contributed by atoms with Gasteiger partial charge in [-0.25, -0.2) is 4.98 Å². The summed E-state index contributed by atoms with van der Waals surface area (Å²) in [6.45, 7) is 4.65. The van der Waals surface area contributed by atoms with Gasteiger partial charge in [0.15, 0.2) is 0 Å². The smallest absolute Gasteiger partial charge is 0.242 e. The highest BCUT2D eigenvalue weighted by Gasteiger charge is 2.19. The van der Waals surface area contributed by atoms with Crippen molar-refractivity contribution in [1.82, 2.24) is 14.5 Å². The van der Waals surface area contributed by atoms with Gasteiger partial charge < -0.3 is 9.47 Å². The zero-order valence-electron chi connectivity index (χ0n) is 11.7. The molecular formula is C14H17Cl2N3O. The first-order chi connectivity index (χ1) is 9.45. The number of alkyl halides is 1. The Morgan fingerprint density at radius 2 is 2.20 bits per heavy atom. The number of rotatable bonds is 4. The third kappa shape index (κ3) is 2.76. The number of carbonyl (C=O) groups excluding carboxylic acids is 1. The summed E-state index contributed by atoms with van der Waals surface area (Å²) in [7, 11) is 1.78. The Morgan fingerprint density at radius 3 is 2.80 bits per heavy atom. The van der Waals surface area contributed by atoms with Crippen molar-refractivity contribution in [3.05, 3.63) is 29.0 Å². The number of nitrogens with zero attached hydrogens (tertiary/aromatic N) is 3. The van der Waals surface area contributed by atoms with Gasteiger partial charge in [0.05, 0.1) is 15.9 Å². The Kier molecular flexibility index (Phi) is 4.55. The average Bonchev–Trinajstić information content (AvgIpc) is 2.78. The van der Waals surface area contributed by atoms with Gasteiger partial charge in [0.25, 0.3) is 0 Å². The van der Waals surface area contributed by atoms with Crippen molar-refractivity contribution in [2.24, 2.45) is 0 Å². The van der Waals surface area contributed by atoms with Crippen LogP contribution in [0, 0.1) is 0 Å². The highest BCUT2D eigenvalue weighted by atomic mass is 35.5. The second-order valence-electron chi connectivity index (χ2n) is 4.69.